The molecule has 0 radical (unpaired) electrons. The van der Waals surface area contributed by atoms with Gasteiger partial charge in [0.1, 0.15) is 15.5 Å². The molecule has 5 aromatic rings. The highest BCUT2D eigenvalue weighted by Gasteiger charge is 2.34. The molecular weight excluding hydrogens is 561 g/mol. The van der Waals surface area contributed by atoms with E-state index in [4.69, 9.17) is 10.3 Å². The molecule has 0 aliphatic rings. The zero-order valence-electron chi connectivity index (χ0n) is 21.8. The topological polar surface area (TPSA) is 135 Å². The summed E-state index contributed by atoms with van der Waals surface area (Å²) in [6, 6.07) is 12.0. The number of halogens is 3. The third kappa shape index (κ3) is 5.11. The van der Waals surface area contributed by atoms with Gasteiger partial charge in [0.05, 0.1) is 16.7 Å². The Morgan fingerprint density at radius 2 is 1.78 bits per heavy atom. The predicted octanol–water partition coefficient (Wildman–Crippen LogP) is 5.09. The molecule has 0 aliphatic heterocycles. The molecule has 0 aliphatic carbocycles. The summed E-state index contributed by atoms with van der Waals surface area (Å²) in [5.74, 6) is -2.65. The number of aromatic nitrogens is 3. The minimum atomic E-state index is -4.89. The summed E-state index contributed by atoms with van der Waals surface area (Å²) in [4.78, 5) is 31.4. The van der Waals surface area contributed by atoms with Crippen molar-refractivity contribution in [3.8, 4) is 28.5 Å². The lowest BCUT2D eigenvalue weighted by atomic mass is 9.92. The number of ketones is 2. The average Bonchev–Trinajstić information content (AvgIpc) is 3.46. The molecule has 3 aromatic heterocycles. The molecule has 0 fully saturated rings. The Bertz CT molecular complexity index is 1810. The maximum Gasteiger partial charge on any atom is 0.573 e. The van der Waals surface area contributed by atoms with Crippen molar-refractivity contribution < 1.29 is 41.8 Å². The van der Waals surface area contributed by atoms with E-state index in [1.54, 1.807) is 6.92 Å². The molecule has 9 nitrogen and oxygen atoms in total. The van der Waals surface area contributed by atoms with Crippen molar-refractivity contribution in [1.82, 2.24) is 10.3 Å². The van der Waals surface area contributed by atoms with Crippen LogP contribution in [0.4, 0.5) is 18.9 Å². The summed E-state index contributed by atoms with van der Waals surface area (Å²) < 4.78 is 47.1. The second kappa shape index (κ2) is 10.3. The molecule has 0 atom stereocenters. The standard InChI is InChI=1S/C28H21F3N4O5S/c1-4-15-5-7-16(8-6-15)20-19(14(3)36)13(2)33-26-21(20)22(32)25(41-26)24(37)23-27(38)40-34-35(23)17-9-11-18(12-10-17)39-28(29,30)31/h5-12H,4H2,1-3H3,(H2-,32,34,37,38). The molecule has 2 N–H and O–H groups in total. The van der Waals surface area contributed by atoms with E-state index < -0.39 is 29.5 Å². The Morgan fingerprint density at radius 3 is 2.37 bits per heavy atom. The van der Waals surface area contributed by atoms with E-state index in [1.165, 1.54) is 19.1 Å². The number of carbonyl (C=O) groups is 2. The number of fused-ring (bicyclic) bond motifs is 1. The number of hydrogen-bond acceptors (Lipinski definition) is 9. The number of nitrogens with zero attached hydrogens (tertiary/aromatic N) is 3. The lowest BCUT2D eigenvalue weighted by molar-refractivity contribution is -0.672. The number of nitrogens with two attached hydrogens (primary N) is 1. The molecule has 0 amide bonds. The molecule has 0 saturated carbocycles. The van der Waals surface area contributed by atoms with Gasteiger partial charge in [-0.05, 0) is 48.2 Å². The molecule has 210 valence electrons. The number of aryl methyl sites for hydroxylation is 2. The predicted molar refractivity (Wildman–Crippen MR) is 141 cm³/mol. The van der Waals surface area contributed by atoms with Crippen LogP contribution in [0.25, 0.3) is 27.0 Å². The first kappa shape index (κ1) is 27.8. The van der Waals surface area contributed by atoms with Crippen molar-refractivity contribution in [1.29, 1.82) is 0 Å². The van der Waals surface area contributed by atoms with Crippen LogP contribution >= 0.6 is 11.3 Å². The second-order valence-electron chi connectivity index (χ2n) is 9.07. The fourth-order valence-corrected chi connectivity index (χ4v) is 5.66. The van der Waals surface area contributed by atoms with Gasteiger partial charge in [-0.25, -0.2) is 4.98 Å². The van der Waals surface area contributed by atoms with E-state index in [0.29, 0.717) is 32.6 Å². The summed E-state index contributed by atoms with van der Waals surface area (Å²) in [5, 5.41) is 16.6. The minimum absolute atomic E-state index is 0.0145. The zero-order valence-corrected chi connectivity index (χ0v) is 22.6. The first-order valence-electron chi connectivity index (χ1n) is 12.2. The van der Waals surface area contributed by atoms with Crippen molar-refractivity contribution in [2.24, 2.45) is 0 Å². The van der Waals surface area contributed by atoms with E-state index in [9.17, 15) is 27.9 Å². The van der Waals surface area contributed by atoms with Crippen LogP contribution in [0, 0.1) is 6.92 Å². The van der Waals surface area contributed by atoms with Gasteiger partial charge in [-0.3, -0.25) is 9.59 Å². The van der Waals surface area contributed by atoms with Gasteiger partial charge in [-0.1, -0.05) is 31.2 Å². The van der Waals surface area contributed by atoms with Gasteiger partial charge in [0, 0.05) is 28.6 Å². The highest BCUT2D eigenvalue weighted by molar-refractivity contribution is 7.21. The molecule has 0 bridgehead atoms. The SMILES string of the molecule is CCc1ccc(-c2c(C(C)=O)c(C)nc3sc(C(=O)c4c([O-])on[n+]4-c4ccc(OC(F)(F)F)cc4)c(N)c23)cc1. The van der Waals surface area contributed by atoms with Gasteiger partial charge >= 0.3 is 12.1 Å². The summed E-state index contributed by atoms with van der Waals surface area (Å²) in [6.45, 7) is 5.13. The average molecular weight is 583 g/mol. The maximum absolute atomic E-state index is 13.7. The molecule has 0 saturated heterocycles. The molecule has 3 heterocycles. The number of alkyl halides is 3. The summed E-state index contributed by atoms with van der Waals surface area (Å²) in [7, 11) is 0. The fourth-order valence-electron chi connectivity index (χ4n) is 4.57. The Hall–Kier alpha value is -4.78. The van der Waals surface area contributed by atoms with Crippen LogP contribution in [-0.4, -0.2) is 28.2 Å². The summed E-state index contributed by atoms with van der Waals surface area (Å²) >= 11 is 0.939. The number of rotatable bonds is 7. The lowest BCUT2D eigenvalue weighted by Gasteiger charge is -2.13. The number of thiophene rings is 1. The quantitative estimate of drug-likeness (QED) is 0.207. The Kier molecular flexibility index (Phi) is 6.99. The number of benzene rings is 2. The number of Topliss-reactive ketones (excluding diaryl/α,β-unsaturated/α-hetero) is 1. The van der Waals surface area contributed by atoms with Crippen LogP contribution in [0.2, 0.25) is 0 Å². The number of carbonyl (C=O) groups excluding carboxylic acids is 2. The van der Waals surface area contributed by atoms with Crippen molar-refractivity contribution in [2.75, 3.05) is 5.73 Å². The van der Waals surface area contributed by atoms with Crippen molar-refractivity contribution in [3.63, 3.8) is 0 Å². The molecule has 13 heteroatoms. The third-order valence-corrected chi connectivity index (χ3v) is 7.51. The van der Waals surface area contributed by atoms with Crippen LogP contribution in [0.1, 0.15) is 50.8 Å². The van der Waals surface area contributed by atoms with Gasteiger partial charge in [0.25, 0.3) is 5.78 Å². The second-order valence-corrected chi connectivity index (χ2v) is 10.1. The Labute approximate surface area is 234 Å². The Morgan fingerprint density at radius 1 is 1.12 bits per heavy atom. The van der Waals surface area contributed by atoms with Gasteiger partial charge in [0.2, 0.25) is 5.69 Å². The molecular formula is C28H21F3N4O5S. The number of pyridine rings is 1. The van der Waals surface area contributed by atoms with Crippen LogP contribution in [-0.2, 0) is 6.42 Å². The van der Waals surface area contributed by atoms with E-state index in [-0.39, 0.29) is 22.0 Å². The van der Waals surface area contributed by atoms with Gasteiger partial charge in [-0.15, -0.1) is 24.5 Å². The highest BCUT2D eigenvalue weighted by atomic mass is 32.1. The molecule has 2 aromatic carbocycles. The van der Waals surface area contributed by atoms with Crippen molar-refractivity contribution >= 4 is 38.8 Å². The lowest BCUT2D eigenvalue weighted by Crippen LogP contribution is -2.39. The van der Waals surface area contributed by atoms with Gasteiger partial charge in [-0.2, -0.15) is 0 Å². The van der Waals surface area contributed by atoms with Gasteiger partial charge in [0.15, 0.2) is 11.7 Å². The zero-order chi connectivity index (χ0) is 29.6. The van der Waals surface area contributed by atoms with Crippen molar-refractivity contribution in [3.05, 3.63) is 75.9 Å². The van der Waals surface area contributed by atoms with Crippen LogP contribution in [0.5, 0.6) is 11.7 Å². The summed E-state index contributed by atoms with van der Waals surface area (Å²) in [5.41, 5.74) is 9.22. The molecule has 5 rings (SSSR count). The van der Waals surface area contributed by atoms with Gasteiger partial charge < -0.3 is 20.1 Å². The van der Waals surface area contributed by atoms with E-state index in [2.05, 4.69) is 15.0 Å². The van der Waals surface area contributed by atoms with Crippen LogP contribution in [0.15, 0.2) is 53.1 Å². The van der Waals surface area contributed by atoms with E-state index in [0.717, 1.165) is 40.1 Å². The fraction of sp³-hybridized carbons (Fsp3) is 0.179. The van der Waals surface area contributed by atoms with E-state index >= 15 is 0 Å². The van der Waals surface area contributed by atoms with Crippen molar-refractivity contribution in [2.45, 2.75) is 33.6 Å². The normalized spacial score (nSPS) is 11.7. The summed E-state index contributed by atoms with van der Waals surface area (Å²) in [6.07, 6.45) is -4.08. The number of anilines is 1. The van der Waals surface area contributed by atoms with E-state index in [1.807, 2.05) is 31.2 Å². The molecule has 0 unspecified atom stereocenters. The monoisotopic (exact) mass is 582 g/mol. The number of hydrogen-bond donors (Lipinski definition) is 1. The smallest absolute Gasteiger partial charge is 0.539 e. The number of nitrogen functional groups attached to an aromatic ring is 1. The largest absolute Gasteiger partial charge is 0.573 e. The molecule has 0 spiro atoms. The minimum Gasteiger partial charge on any atom is -0.539 e. The molecule has 41 heavy (non-hydrogen) atoms. The van der Waals surface area contributed by atoms with Crippen LogP contribution < -0.4 is 20.3 Å². The number of ether oxygens (including phenoxy) is 1. The maximum atomic E-state index is 13.7. The third-order valence-electron chi connectivity index (χ3n) is 6.41. The first-order chi connectivity index (χ1) is 19.4. The Balaban J connectivity index is 1.65. The first-order valence-corrected chi connectivity index (χ1v) is 13.0. The van der Waals surface area contributed by atoms with Crippen LogP contribution in [0.3, 0.4) is 0 Å². The highest BCUT2D eigenvalue weighted by Crippen LogP contribution is 2.43.